The molecule has 0 aromatic heterocycles. The molecule has 0 aliphatic rings. The molecule has 1 rings (SSSR count). The molecular weight excluding hydrogens is 222 g/mol. The standard InChI is InChI=1S/C12H21NSi.ClH/c1-14(2,11-9-13)10-8-12-6-4-3-5-7-12;/h3-7H,8-11,13H2,1-2H3;1H. The number of aryl methyl sites for hydroxylation is 1. The Morgan fingerprint density at radius 1 is 1.07 bits per heavy atom. The lowest BCUT2D eigenvalue weighted by Crippen LogP contribution is -2.28. The molecule has 0 aliphatic carbocycles. The summed E-state index contributed by atoms with van der Waals surface area (Å²) in [7, 11) is -1.01. The van der Waals surface area contributed by atoms with Crippen molar-refractivity contribution in [3.05, 3.63) is 35.9 Å². The summed E-state index contributed by atoms with van der Waals surface area (Å²) in [4.78, 5) is 0. The first-order valence-corrected chi connectivity index (χ1v) is 8.79. The van der Waals surface area contributed by atoms with Gasteiger partial charge in [-0.2, -0.15) is 0 Å². The van der Waals surface area contributed by atoms with E-state index in [-0.39, 0.29) is 12.4 Å². The van der Waals surface area contributed by atoms with Crippen LogP contribution in [0.3, 0.4) is 0 Å². The fourth-order valence-electron chi connectivity index (χ4n) is 1.64. The molecule has 1 aromatic carbocycles. The maximum Gasteiger partial charge on any atom is 0.0489 e. The minimum atomic E-state index is -1.01. The van der Waals surface area contributed by atoms with Crippen molar-refractivity contribution in [2.24, 2.45) is 5.73 Å². The van der Waals surface area contributed by atoms with Crippen LogP contribution < -0.4 is 5.73 Å². The van der Waals surface area contributed by atoms with Gasteiger partial charge in [0.2, 0.25) is 0 Å². The van der Waals surface area contributed by atoms with Gasteiger partial charge in [-0.3, -0.25) is 0 Å². The van der Waals surface area contributed by atoms with E-state index in [0.29, 0.717) is 0 Å². The number of benzene rings is 1. The third-order valence-corrected chi connectivity index (χ3v) is 6.00. The number of halogens is 1. The molecule has 2 N–H and O–H groups in total. The van der Waals surface area contributed by atoms with Crippen molar-refractivity contribution in [3.63, 3.8) is 0 Å². The van der Waals surface area contributed by atoms with Crippen LogP contribution in [0.15, 0.2) is 30.3 Å². The summed E-state index contributed by atoms with van der Waals surface area (Å²) in [5, 5.41) is 0. The van der Waals surface area contributed by atoms with Crippen LogP contribution in [0.5, 0.6) is 0 Å². The Labute approximate surface area is 100 Å². The Balaban J connectivity index is 0.00000196. The van der Waals surface area contributed by atoms with Crippen molar-refractivity contribution in [1.29, 1.82) is 0 Å². The fourth-order valence-corrected chi connectivity index (χ4v) is 3.64. The summed E-state index contributed by atoms with van der Waals surface area (Å²) >= 11 is 0. The third-order valence-electron chi connectivity index (χ3n) is 2.75. The molecule has 86 valence electrons. The molecule has 0 saturated heterocycles. The largest absolute Gasteiger partial charge is 0.331 e. The first-order valence-electron chi connectivity index (χ1n) is 5.38. The summed E-state index contributed by atoms with van der Waals surface area (Å²) in [6, 6.07) is 13.3. The first-order chi connectivity index (χ1) is 6.64. The number of hydrogen-bond donors (Lipinski definition) is 1. The molecule has 0 unspecified atom stereocenters. The second kappa shape index (κ2) is 7.04. The van der Waals surface area contributed by atoms with Gasteiger partial charge >= 0.3 is 0 Å². The molecular formula is C12H22ClNSi. The lowest BCUT2D eigenvalue weighted by atomic mass is 10.2. The molecule has 0 aliphatic heterocycles. The van der Waals surface area contributed by atoms with Crippen molar-refractivity contribution in [3.8, 4) is 0 Å². The molecule has 1 nitrogen and oxygen atoms in total. The maximum absolute atomic E-state index is 5.62. The van der Waals surface area contributed by atoms with E-state index >= 15 is 0 Å². The van der Waals surface area contributed by atoms with E-state index in [2.05, 4.69) is 43.4 Å². The zero-order chi connectivity index (χ0) is 10.4. The summed E-state index contributed by atoms with van der Waals surface area (Å²) in [5.41, 5.74) is 7.08. The zero-order valence-electron chi connectivity index (χ0n) is 9.70. The van der Waals surface area contributed by atoms with Gasteiger partial charge in [-0.15, -0.1) is 12.4 Å². The van der Waals surface area contributed by atoms with Gasteiger partial charge in [0.05, 0.1) is 0 Å². The Morgan fingerprint density at radius 2 is 1.67 bits per heavy atom. The molecule has 0 heterocycles. The second-order valence-corrected chi connectivity index (χ2v) is 10.0. The van der Waals surface area contributed by atoms with E-state index in [1.807, 2.05) is 0 Å². The molecule has 0 spiro atoms. The van der Waals surface area contributed by atoms with E-state index in [9.17, 15) is 0 Å². The van der Waals surface area contributed by atoms with Crippen molar-refractivity contribution in [2.45, 2.75) is 31.6 Å². The van der Waals surface area contributed by atoms with Gasteiger partial charge in [0.25, 0.3) is 0 Å². The van der Waals surface area contributed by atoms with Crippen LogP contribution in [0.2, 0.25) is 25.2 Å². The predicted molar refractivity (Wildman–Crippen MR) is 73.5 cm³/mol. The first kappa shape index (κ1) is 14.7. The van der Waals surface area contributed by atoms with Gasteiger partial charge in [0.15, 0.2) is 0 Å². The lowest BCUT2D eigenvalue weighted by Gasteiger charge is -2.21. The molecule has 15 heavy (non-hydrogen) atoms. The SMILES string of the molecule is C[Si](C)(CCN)CCc1ccccc1.Cl. The Kier molecular flexibility index (Phi) is 6.90. The van der Waals surface area contributed by atoms with Crippen molar-refractivity contribution < 1.29 is 0 Å². The highest BCUT2D eigenvalue weighted by Crippen LogP contribution is 2.17. The average molecular weight is 244 g/mol. The van der Waals surface area contributed by atoms with Crippen molar-refractivity contribution in [1.82, 2.24) is 0 Å². The monoisotopic (exact) mass is 243 g/mol. The number of nitrogens with two attached hydrogens (primary N) is 1. The number of hydrogen-bond acceptors (Lipinski definition) is 1. The van der Waals surface area contributed by atoms with Gasteiger partial charge in [-0.05, 0) is 24.6 Å². The van der Waals surface area contributed by atoms with Crippen molar-refractivity contribution >= 4 is 20.5 Å². The second-order valence-electron chi connectivity index (χ2n) is 4.69. The normalized spacial score (nSPS) is 10.9. The van der Waals surface area contributed by atoms with E-state index in [4.69, 9.17) is 5.73 Å². The lowest BCUT2D eigenvalue weighted by molar-refractivity contribution is 1.03. The summed E-state index contributed by atoms with van der Waals surface area (Å²) in [6.45, 7) is 5.72. The minimum absolute atomic E-state index is 0. The van der Waals surface area contributed by atoms with E-state index in [1.54, 1.807) is 0 Å². The van der Waals surface area contributed by atoms with Gasteiger partial charge in [-0.1, -0.05) is 49.5 Å². The van der Waals surface area contributed by atoms with Crippen LogP contribution in [0.4, 0.5) is 0 Å². The molecule has 0 fully saturated rings. The van der Waals surface area contributed by atoms with Gasteiger partial charge < -0.3 is 5.73 Å². The van der Waals surface area contributed by atoms with Crippen LogP contribution in [0.1, 0.15) is 5.56 Å². The molecule has 1 aromatic rings. The Bertz CT molecular complexity index is 262. The van der Waals surface area contributed by atoms with Crippen LogP contribution in [0.25, 0.3) is 0 Å². The molecule has 3 heteroatoms. The highest BCUT2D eigenvalue weighted by atomic mass is 35.5. The summed E-state index contributed by atoms with van der Waals surface area (Å²) in [6.07, 6.45) is 1.22. The van der Waals surface area contributed by atoms with E-state index in [0.717, 1.165) is 6.54 Å². The summed E-state index contributed by atoms with van der Waals surface area (Å²) in [5.74, 6) is 0. The summed E-state index contributed by atoms with van der Waals surface area (Å²) < 4.78 is 0. The van der Waals surface area contributed by atoms with Crippen LogP contribution in [-0.4, -0.2) is 14.6 Å². The van der Waals surface area contributed by atoms with Crippen LogP contribution >= 0.6 is 12.4 Å². The highest BCUT2D eigenvalue weighted by Gasteiger charge is 2.18. The Hall–Kier alpha value is -0.313. The quantitative estimate of drug-likeness (QED) is 0.789. The van der Waals surface area contributed by atoms with Crippen LogP contribution in [0, 0.1) is 0 Å². The van der Waals surface area contributed by atoms with Crippen molar-refractivity contribution in [2.75, 3.05) is 6.54 Å². The maximum atomic E-state index is 5.62. The molecule has 0 radical (unpaired) electrons. The molecule has 0 bridgehead atoms. The average Bonchev–Trinajstić information content (AvgIpc) is 2.17. The van der Waals surface area contributed by atoms with E-state index < -0.39 is 8.07 Å². The van der Waals surface area contributed by atoms with Gasteiger partial charge in [-0.25, -0.2) is 0 Å². The Morgan fingerprint density at radius 3 is 2.20 bits per heavy atom. The van der Waals surface area contributed by atoms with Gasteiger partial charge in [0.1, 0.15) is 0 Å². The fraction of sp³-hybridized carbons (Fsp3) is 0.500. The van der Waals surface area contributed by atoms with Gasteiger partial charge in [0, 0.05) is 8.07 Å². The predicted octanol–water partition coefficient (Wildman–Crippen LogP) is 3.32. The van der Waals surface area contributed by atoms with E-state index in [1.165, 1.54) is 24.1 Å². The molecule has 0 saturated carbocycles. The third kappa shape index (κ3) is 5.98. The topological polar surface area (TPSA) is 26.0 Å². The zero-order valence-corrected chi connectivity index (χ0v) is 11.5. The van der Waals surface area contributed by atoms with Crippen LogP contribution in [-0.2, 0) is 6.42 Å². The molecule has 0 atom stereocenters. The highest BCUT2D eigenvalue weighted by molar-refractivity contribution is 6.77. The minimum Gasteiger partial charge on any atom is -0.331 e. The molecule has 0 amide bonds. The number of rotatable bonds is 5. The smallest absolute Gasteiger partial charge is 0.0489 e.